The molecule has 0 spiro atoms. The van der Waals surface area contributed by atoms with E-state index in [1.807, 2.05) is 42.2 Å². The van der Waals surface area contributed by atoms with E-state index in [0.29, 0.717) is 54.1 Å². The summed E-state index contributed by atoms with van der Waals surface area (Å²) in [4.78, 5) is 24.3. The van der Waals surface area contributed by atoms with E-state index in [1.54, 1.807) is 6.20 Å². The molecule has 2 aromatic rings. The van der Waals surface area contributed by atoms with Crippen LogP contribution in [0.4, 0.5) is 11.5 Å². The number of thiol groups is 1. The fourth-order valence-electron chi connectivity index (χ4n) is 3.53. The molecule has 27 heavy (non-hydrogen) atoms. The van der Waals surface area contributed by atoms with Gasteiger partial charge in [-0.1, -0.05) is 37.3 Å². The Morgan fingerprint density at radius 2 is 2.19 bits per heavy atom. The highest BCUT2D eigenvalue weighted by atomic mass is 32.1. The summed E-state index contributed by atoms with van der Waals surface area (Å²) in [6, 6.07) is 9.57. The first-order chi connectivity index (χ1) is 13.1. The van der Waals surface area contributed by atoms with E-state index < -0.39 is 5.54 Å². The van der Waals surface area contributed by atoms with Gasteiger partial charge in [-0.25, -0.2) is 9.97 Å². The molecule has 0 bridgehead atoms. The third-order valence-electron chi connectivity index (χ3n) is 5.15. The van der Waals surface area contributed by atoms with Gasteiger partial charge in [-0.3, -0.25) is 4.79 Å². The van der Waals surface area contributed by atoms with Crippen molar-refractivity contribution in [2.45, 2.75) is 18.9 Å². The van der Waals surface area contributed by atoms with Crippen LogP contribution in [0, 0.1) is 0 Å². The number of ether oxygens (including phenoxy) is 1. The number of benzene rings is 1. The van der Waals surface area contributed by atoms with E-state index in [2.05, 4.69) is 22.9 Å². The van der Waals surface area contributed by atoms with E-state index in [9.17, 15) is 4.79 Å². The molecule has 1 aromatic carbocycles. The molecule has 7 nitrogen and oxygen atoms in total. The molecular weight excluding hydrogens is 362 g/mol. The van der Waals surface area contributed by atoms with Gasteiger partial charge in [0.1, 0.15) is 11.2 Å². The Balaban J connectivity index is 1.79. The highest BCUT2D eigenvalue weighted by molar-refractivity contribution is 7.90. The predicted octanol–water partition coefficient (Wildman–Crippen LogP) is 2.13. The van der Waals surface area contributed by atoms with Crippen molar-refractivity contribution in [2.75, 3.05) is 30.0 Å². The number of morpholine rings is 1. The largest absolute Gasteiger partial charge is 0.397 e. The standard InChI is InChI=1S/C19H21N5O2S/c1-2-19-11-26-9-8-24(19)17-13(22-18(19)25)10-21-16(23-17)15(27)14(20)12-6-4-3-5-7-12/h3-7,10,27H,2,8-9,11,20H2,1H3,(H,22,25)/b15-14-. The summed E-state index contributed by atoms with van der Waals surface area (Å²) in [6.07, 6.45) is 2.23. The molecule has 8 heteroatoms. The molecule has 0 radical (unpaired) electrons. The smallest absolute Gasteiger partial charge is 0.252 e. The van der Waals surface area contributed by atoms with Crippen molar-refractivity contribution in [3.05, 3.63) is 47.9 Å². The summed E-state index contributed by atoms with van der Waals surface area (Å²) in [5.41, 5.74) is 7.47. The Morgan fingerprint density at radius 1 is 1.41 bits per heavy atom. The number of nitrogens with one attached hydrogen (secondary N) is 1. The Labute approximate surface area is 163 Å². The van der Waals surface area contributed by atoms with Crippen LogP contribution in [0.5, 0.6) is 0 Å². The van der Waals surface area contributed by atoms with Crippen LogP contribution in [0.2, 0.25) is 0 Å². The summed E-state index contributed by atoms with van der Waals surface area (Å²) < 4.78 is 5.60. The van der Waals surface area contributed by atoms with E-state index in [-0.39, 0.29) is 5.91 Å². The first-order valence-corrected chi connectivity index (χ1v) is 9.30. The molecule has 1 amide bonds. The number of nitrogens with two attached hydrogens (primary N) is 1. The second kappa shape index (κ2) is 6.86. The minimum Gasteiger partial charge on any atom is -0.397 e. The van der Waals surface area contributed by atoms with Gasteiger partial charge in [0.25, 0.3) is 5.91 Å². The SMILES string of the molecule is CCC12COCCN1c1nc(/C(S)=C(/N)c3ccccc3)ncc1NC2=O. The summed E-state index contributed by atoms with van der Waals surface area (Å²) in [5.74, 6) is 1.02. The molecule has 3 heterocycles. The fraction of sp³-hybridized carbons (Fsp3) is 0.316. The average molecular weight is 383 g/mol. The fourth-order valence-corrected chi connectivity index (χ4v) is 3.77. The Kier molecular flexibility index (Phi) is 4.53. The number of amides is 1. The second-order valence-corrected chi connectivity index (χ2v) is 7.05. The van der Waals surface area contributed by atoms with Crippen molar-refractivity contribution in [1.82, 2.24) is 9.97 Å². The van der Waals surface area contributed by atoms with Crippen molar-refractivity contribution >= 4 is 40.6 Å². The minimum absolute atomic E-state index is 0.0843. The molecule has 1 unspecified atom stereocenters. The van der Waals surface area contributed by atoms with Crippen LogP contribution in [0.3, 0.4) is 0 Å². The molecule has 1 fully saturated rings. The van der Waals surface area contributed by atoms with E-state index in [4.69, 9.17) is 15.5 Å². The molecule has 0 saturated carbocycles. The van der Waals surface area contributed by atoms with Gasteiger partial charge in [0.05, 0.1) is 30.0 Å². The topological polar surface area (TPSA) is 93.4 Å². The monoisotopic (exact) mass is 383 g/mol. The third-order valence-corrected chi connectivity index (χ3v) is 5.59. The van der Waals surface area contributed by atoms with Gasteiger partial charge in [0, 0.05) is 6.54 Å². The van der Waals surface area contributed by atoms with E-state index in [1.165, 1.54) is 0 Å². The number of anilines is 2. The summed E-state index contributed by atoms with van der Waals surface area (Å²) in [5, 5.41) is 2.92. The van der Waals surface area contributed by atoms with Crippen LogP contribution >= 0.6 is 12.6 Å². The lowest BCUT2D eigenvalue weighted by atomic mass is 9.90. The molecule has 1 saturated heterocycles. The third kappa shape index (κ3) is 2.85. The number of aromatic nitrogens is 2. The number of hydrogen-bond donors (Lipinski definition) is 3. The molecule has 2 aliphatic heterocycles. The van der Waals surface area contributed by atoms with E-state index in [0.717, 1.165) is 5.56 Å². The Hall–Kier alpha value is -2.58. The van der Waals surface area contributed by atoms with Gasteiger partial charge < -0.3 is 20.7 Å². The van der Waals surface area contributed by atoms with Crippen molar-refractivity contribution in [3.8, 4) is 0 Å². The molecule has 140 valence electrons. The van der Waals surface area contributed by atoms with Crippen LogP contribution in [-0.4, -0.2) is 41.2 Å². The highest BCUT2D eigenvalue weighted by Crippen LogP contribution is 2.39. The molecule has 4 rings (SSSR count). The molecule has 2 aliphatic rings. The maximum atomic E-state index is 12.7. The molecule has 0 aliphatic carbocycles. The van der Waals surface area contributed by atoms with Gasteiger partial charge in [-0.15, -0.1) is 12.6 Å². The van der Waals surface area contributed by atoms with Crippen LogP contribution in [0.15, 0.2) is 36.5 Å². The first kappa shape index (κ1) is 17.8. The van der Waals surface area contributed by atoms with Crippen molar-refractivity contribution < 1.29 is 9.53 Å². The molecular formula is C19H21N5O2S. The predicted molar refractivity (Wildman–Crippen MR) is 108 cm³/mol. The van der Waals surface area contributed by atoms with Crippen molar-refractivity contribution in [3.63, 3.8) is 0 Å². The van der Waals surface area contributed by atoms with Crippen molar-refractivity contribution in [2.24, 2.45) is 5.73 Å². The maximum absolute atomic E-state index is 12.7. The van der Waals surface area contributed by atoms with Gasteiger partial charge >= 0.3 is 0 Å². The Bertz CT molecular complexity index is 918. The number of carbonyl (C=O) groups is 1. The average Bonchev–Trinajstić information content (AvgIpc) is 2.73. The summed E-state index contributed by atoms with van der Waals surface area (Å²) in [7, 11) is 0. The normalized spacial score (nSPS) is 22.4. The maximum Gasteiger partial charge on any atom is 0.252 e. The van der Waals surface area contributed by atoms with Gasteiger partial charge in [-0.2, -0.15) is 0 Å². The van der Waals surface area contributed by atoms with Crippen LogP contribution < -0.4 is 16.0 Å². The number of carbonyl (C=O) groups excluding carboxylic acids is 1. The summed E-state index contributed by atoms with van der Waals surface area (Å²) in [6.45, 7) is 3.45. The lowest BCUT2D eigenvalue weighted by Gasteiger charge is -2.48. The van der Waals surface area contributed by atoms with Crippen molar-refractivity contribution in [1.29, 1.82) is 0 Å². The van der Waals surface area contributed by atoms with Gasteiger partial charge in [0.15, 0.2) is 11.6 Å². The molecule has 1 aromatic heterocycles. The minimum atomic E-state index is -0.748. The zero-order valence-electron chi connectivity index (χ0n) is 15.0. The molecule has 1 atom stereocenters. The number of fused-ring (bicyclic) bond motifs is 3. The van der Waals surface area contributed by atoms with Crippen LogP contribution in [-0.2, 0) is 9.53 Å². The first-order valence-electron chi connectivity index (χ1n) is 8.85. The van der Waals surface area contributed by atoms with Gasteiger partial charge in [0.2, 0.25) is 0 Å². The number of hydrogen-bond acceptors (Lipinski definition) is 7. The van der Waals surface area contributed by atoms with Crippen LogP contribution in [0.1, 0.15) is 24.7 Å². The van der Waals surface area contributed by atoms with Crippen LogP contribution in [0.25, 0.3) is 10.6 Å². The quantitative estimate of drug-likeness (QED) is 0.703. The lowest BCUT2D eigenvalue weighted by molar-refractivity contribution is -0.125. The zero-order chi connectivity index (χ0) is 19.0. The summed E-state index contributed by atoms with van der Waals surface area (Å²) >= 11 is 4.57. The second-order valence-electron chi connectivity index (χ2n) is 6.60. The molecule has 3 N–H and O–H groups in total. The Morgan fingerprint density at radius 3 is 2.93 bits per heavy atom. The van der Waals surface area contributed by atoms with Gasteiger partial charge in [-0.05, 0) is 12.0 Å². The van der Waals surface area contributed by atoms with E-state index >= 15 is 0 Å². The lowest BCUT2D eigenvalue weighted by Crippen LogP contribution is -2.66. The number of nitrogens with zero attached hydrogens (tertiary/aromatic N) is 3. The number of rotatable bonds is 3. The highest BCUT2D eigenvalue weighted by Gasteiger charge is 2.49. The zero-order valence-corrected chi connectivity index (χ0v) is 15.9.